The molecule has 0 fully saturated rings. The summed E-state index contributed by atoms with van der Waals surface area (Å²) in [4.78, 5) is 41.8. The Balaban J connectivity index is 3.71. The molecule has 0 atom stereocenters. The molecule has 0 unspecified atom stereocenters. The third kappa shape index (κ3) is 9.17. The van der Waals surface area contributed by atoms with Crippen LogP contribution in [0.4, 0.5) is 0 Å². The molecule has 0 aliphatic carbocycles. The van der Waals surface area contributed by atoms with Gasteiger partial charge < -0.3 is 9.47 Å². The summed E-state index contributed by atoms with van der Waals surface area (Å²) in [5, 5.41) is -1.74. The highest BCUT2D eigenvalue weighted by Gasteiger charge is 2.13. The molecular formula is C7H6Cl2O6. The van der Waals surface area contributed by atoms with Crippen LogP contribution in [0.3, 0.4) is 0 Å². The maximum Gasteiger partial charge on any atom is 0.317 e. The third-order valence-corrected chi connectivity index (χ3v) is 1.20. The Kier molecular flexibility index (Phi) is 6.64. The number of esters is 2. The summed E-state index contributed by atoms with van der Waals surface area (Å²) in [6.45, 7) is -1.25. The number of ether oxygens (including phenoxy) is 2. The molecule has 0 N–H and O–H groups in total. The van der Waals surface area contributed by atoms with E-state index >= 15 is 0 Å². The summed E-state index contributed by atoms with van der Waals surface area (Å²) in [6, 6.07) is 0. The van der Waals surface area contributed by atoms with Gasteiger partial charge in [0.1, 0.15) is 6.42 Å². The van der Waals surface area contributed by atoms with Gasteiger partial charge in [0.05, 0.1) is 0 Å². The van der Waals surface area contributed by atoms with Crippen molar-refractivity contribution in [2.24, 2.45) is 0 Å². The maximum absolute atomic E-state index is 10.8. The Bertz CT molecular complexity index is 259. The molecule has 0 spiro atoms. The van der Waals surface area contributed by atoms with Crippen molar-refractivity contribution in [3.63, 3.8) is 0 Å². The van der Waals surface area contributed by atoms with Crippen LogP contribution in [0.15, 0.2) is 0 Å². The number of halogens is 2. The van der Waals surface area contributed by atoms with E-state index in [1.54, 1.807) is 0 Å². The monoisotopic (exact) mass is 256 g/mol. The summed E-state index contributed by atoms with van der Waals surface area (Å²) < 4.78 is 8.48. The van der Waals surface area contributed by atoms with Gasteiger partial charge in [-0.05, 0) is 23.2 Å². The van der Waals surface area contributed by atoms with Gasteiger partial charge in [-0.25, -0.2) is 0 Å². The smallest absolute Gasteiger partial charge is 0.317 e. The van der Waals surface area contributed by atoms with Gasteiger partial charge >= 0.3 is 11.9 Å². The second kappa shape index (κ2) is 7.19. The van der Waals surface area contributed by atoms with E-state index in [0.717, 1.165) is 0 Å². The molecule has 0 bridgehead atoms. The van der Waals surface area contributed by atoms with E-state index in [1.807, 2.05) is 0 Å². The van der Waals surface area contributed by atoms with Gasteiger partial charge in [0.25, 0.3) is 10.5 Å². The molecule has 0 aromatic rings. The third-order valence-electron chi connectivity index (χ3n) is 0.982. The second-order valence-corrected chi connectivity index (χ2v) is 3.05. The van der Waals surface area contributed by atoms with Crippen LogP contribution < -0.4 is 0 Å². The Hall–Kier alpha value is -1.14. The van der Waals surface area contributed by atoms with E-state index in [0.29, 0.717) is 0 Å². The first-order valence-electron chi connectivity index (χ1n) is 3.59. The predicted molar refractivity (Wildman–Crippen MR) is 48.3 cm³/mol. The number of rotatable bonds is 6. The zero-order valence-corrected chi connectivity index (χ0v) is 8.84. The molecule has 0 aromatic carbocycles. The van der Waals surface area contributed by atoms with Crippen LogP contribution >= 0.6 is 23.2 Å². The minimum atomic E-state index is -0.976. The number of hydrogen-bond acceptors (Lipinski definition) is 6. The Morgan fingerprint density at radius 3 is 1.40 bits per heavy atom. The van der Waals surface area contributed by atoms with E-state index in [9.17, 15) is 19.2 Å². The summed E-state index contributed by atoms with van der Waals surface area (Å²) >= 11 is 9.73. The molecule has 6 nitrogen and oxygen atoms in total. The zero-order chi connectivity index (χ0) is 11.8. The van der Waals surface area contributed by atoms with Gasteiger partial charge in [0.15, 0.2) is 13.2 Å². The molecule has 8 heteroatoms. The summed E-state index contributed by atoms with van der Waals surface area (Å²) in [7, 11) is 0. The number of hydrogen-bond donors (Lipinski definition) is 0. The minimum absolute atomic E-state index is 0.623. The molecule has 0 saturated carbocycles. The van der Waals surface area contributed by atoms with E-state index < -0.39 is 42.1 Å². The first kappa shape index (κ1) is 13.9. The van der Waals surface area contributed by atoms with E-state index in [4.69, 9.17) is 23.2 Å². The summed E-state index contributed by atoms with van der Waals surface area (Å²) in [5.74, 6) is -1.95. The number of carbonyl (C=O) groups is 4. The highest BCUT2D eigenvalue weighted by Crippen LogP contribution is 1.93. The summed E-state index contributed by atoms with van der Waals surface area (Å²) in [5.41, 5.74) is 0. The van der Waals surface area contributed by atoms with Crippen LogP contribution in [0.2, 0.25) is 0 Å². The standard InChI is InChI=1S/C7H6Cl2O6/c8-4(10)2-14-6(12)1-7(13)15-3-5(9)11/h1-3H2. The van der Waals surface area contributed by atoms with Crippen LogP contribution in [-0.4, -0.2) is 35.6 Å². The van der Waals surface area contributed by atoms with Gasteiger partial charge in [-0.2, -0.15) is 0 Å². The Morgan fingerprint density at radius 1 is 0.800 bits per heavy atom. The molecule has 15 heavy (non-hydrogen) atoms. The molecule has 0 saturated heterocycles. The SMILES string of the molecule is O=C(Cl)COC(=O)CC(=O)OCC(=O)Cl. The fourth-order valence-corrected chi connectivity index (χ4v) is 0.603. The fourth-order valence-electron chi connectivity index (χ4n) is 0.494. The predicted octanol–water partition coefficient (Wildman–Crippen LogP) is -0.00630. The van der Waals surface area contributed by atoms with Gasteiger partial charge in [-0.3, -0.25) is 19.2 Å². The first-order chi connectivity index (χ1) is 6.91. The number of carbonyl (C=O) groups excluding carboxylic acids is 4. The molecule has 0 radical (unpaired) electrons. The zero-order valence-electron chi connectivity index (χ0n) is 7.33. The molecule has 84 valence electrons. The van der Waals surface area contributed by atoms with Crippen LogP contribution in [0.5, 0.6) is 0 Å². The lowest BCUT2D eigenvalue weighted by atomic mass is 10.4. The van der Waals surface area contributed by atoms with Crippen LogP contribution in [0, 0.1) is 0 Å². The Morgan fingerprint density at radius 2 is 1.13 bits per heavy atom. The van der Waals surface area contributed by atoms with Crippen LogP contribution in [0.1, 0.15) is 6.42 Å². The van der Waals surface area contributed by atoms with Crippen molar-refractivity contribution >= 4 is 45.6 Å². The molecule has 0 heterocycles. The van der Waals surface area contributed by atoms with E-state index in [2.05, 4.69) is 9.47 Å². The van der Waals surface area contributed by atoms with Crippen molar-refractivity contribution in [2.75, 3.05) is 13.2 Å². The largest absolute Gasteiger partial charge is 0.456 e. The van der Waals surface area contributed by atoms with Crippen molar-refractivity contribution in [3.8, 4) is 0 Å². The van der Waals surface area contributed by atoms with Gasteiger partial charge in [0.2, 0.25) is 0 Å². The fraction of sp³-hybridized carbons (Fsp3) is 0.429. The van der Waals surface area contributed by atoms with Crippen molar-refractivity contribution < 1.29 is 28.7 Å². The first-order valence-corrected chi connectivity index (χ1v) is 4.35. The topological polar surface area (TPSA) is 86.7 Å². The lowest BCUT2D eigenvalue weighted by Crippen LogP contribution is -2.17. The molecule has 0 aliphatic heterocycles. The quantitative estimate of drug-likeness (QED) is 0.378. The van der Waals surface area contributed by atoms with Gasteiger partial charge in [-0.15, -0.1) is 0 Å². The van der Waals surface area contributed by atoms with Crippen molar-refractivity contribution in [3.05, 3.63) is 0 Å². The van der Waals surface area contributed by atoms with Crippen molar-refractivity contribution in [1.82, 2.24) is 0 Å². The van der Waals surface area contributed by atoms with Crippen LogP contribution in [-0.2, 0) is 28.7 Å². The maximum atomic E-state index is 10.8. The molecule has 0 rings (SSSR count). The lowest BCUT2D eigenvalue weighted by Gasteiger charge is -2.01. The average Bonchev–Trinajstić information content (AvgIpc) is 2.11. The lowest BCUT2D eigenvalue weighted by molar-refractivity contribution is -0.156. The second-order valence-electron chi connectivity index (χ2n) is 2.21. The minimum Gasteiger partial charge on any atom is -0.456 e. The highest BCUT2D eigenvalue weighted by molar-refractivity contribution is 6.64. The van der Waals surface area contributed by atoms with Crippen molar-refractivity contribution in [1.29, 1.82) is 0 Å². The molecular weight excluding hydrogens is 251 g/mol. The highest BCUT2D eigenvalue weighted by atomic mass is 35.5. The average molecular weight is 257 g/mol. The van der Waals surface area contributed by atoms with Gasteiger partial charge in [-0.1, -0.05) is 0 Å². The molecule has 0 aliphatic rings. The van der Waals surface area contributed by atoms with E-state index in [1.165, 1.54) is 0 Å². The summed E-state index contributed by atoms with van der Waals surface area (Å²) in [6.07, 6.45) is -0.714. The van der Waals surface area contributed by atoms with Gasteiger partial charge in [0, 0.05) is 0 Å². The van der Waals surface area contributed by atoms with E-state index in [-0.39, 0.29) is 0 Å². The van der Waals surface area contributed by atoms with Crippen molar-refractivity contribution in [2.45, 2.75) is 6.42 Å². The van der Waals surface area contributed by atoms with Crippen LogP contribution in [0.25, 0.3) is 0 Å². The normalized spacial score (nSPS) is 9.20. The Labute approximate surface area is 94.4 Å². The molecule has 0 amide bonds. The molecule has 0 aromatic heterocycles.